The number of fused-ring (bicyclic) bond motifs is 1. The minimum Gasteiger partial charge on any atom is -0.506 e. The highest BCUT2D eigenvalue weighted by molar-refractivity contribution is 8.01. The van der Waals surface area contributed by atoms with Crippen LogP contribution in [0, 0.1) is 0 Å². The number of hydrogen-bond donors (Lipinski definition) is 3. The lowest BCUT2D eigenvalue weighted by Gasteiger charge is -2.22. The summed E-state index contributed by atoms with van der Waals surface area (Å²) in [4.78, 5) is 25.4. The molecule has 160 valence electrons. The summed E-state index contributed by atoms with van der Waals surface area (Å²) in [5.74, 6) is -0.933. The molecule has 3 N–H and O–H groups in total. The second-order valence-corrected chi connectivity index (χ2v) is 10.0. The fourth-order valence-corrected chi connectivity index (χ4v) is 5.45. The maximum Gasteiger partial charge on any atom is 0.255 e. The first-order valence-corrected chi connectivity index (χ1v) is 11.8. The highest BCUT2D eigenvalue weighted by Crippen LogP contribution is 2.36. The van der Waals surface area contributed by atoms with Crippen molar-refractivity contribution in [2.24, 2.45) is 0 Å². The van der Waals surface area contributed by atoms with Crippen molar-refractivity contribution in [2.45, 2.75) is 35.8 Å². The Labute approximate surface area is 179 Å². The molecule has 10 heteroatoms. The van der Waals surface area contributed by atoms with Gasteiger partial charge in [0.1, 0.15) is 5.75 Å². The highest BCUT2D eigenvalue weighted by Gasteiger charge is 2.25. The Morgan fingerprint density at radius 3 is 2.57 bits per heavy atom. The molecule has 0 bridgehead atoms. The van der Waals surface area contributed by atoms with Crippen LogP contribution in [0.4, 0.5) is 11.4 Å². The smallest absolute Gasteiger partial charge is 0.255 e. The number of carbonyl (C=O) groups is 2. The van der Waals surface area contributed by atoms with Gasteiger partial charge in [0.2, 0.25) is 15.9 Å². The zero-order valence-electron chi connectivity index (χ0n) is 16.8. The number of aromatic hydroxyl groups is 1. The Kier molecular flexibility index (Phi) is 6.39. The lowest BCUT2D eigenvalue weighted by molar-refractivity contribution is -0.115. The number of benzene rings is 2. The van der Waals surface area contributed by atoms with Crippen molar-refractivity contribution >= 4 is 45.0 Å². The van der Waals surface area contributed by atoms with E-state index in [9.17, 15) is 23.1 Å². The minimum atomic E-state index is -3.74. The van der Waals surface area contributed by atoms with Gasteiger partial charge in [-0.15, -0.1) is 11.8 Å². The van der Waals surface area contributed by atoms with Crippen LogP contribution in [-0.4, -0.2) is 48.0 Å². The first-order chi connectivity index (χ1) is 14.2. The van der Waals surface area contributed by atoms with Gasteiger partial charge in [-0.05, 0) is 43.3 Å². The normalized spacial score (nSPS) is 16.1. The standard InChI is InChI=1S/C20H23N3O5S2/c1-4-23(5-2)30(27,28)14-7-8-17(24)15(11-14)21-20(26)13-6-9-18-16(10-13)22-19(25)12(3)29-18/h6-12,24H,4-5H2,1-3H3,(H,21,26)(H,22,25). The lowest BCUT2D eigenvalue weighted by atomic mass is 10.1. The van der Waals surface area contributed by atoms with E-state index in [1.807, 2.05) is 0 Å². The molecule has 0 fully saturated rings. The van der Waals surface area contributed by atoms with Crippen LogP contribution in [-0.2, 0) is 14.8 Å². The van der Waals surface area contributed by atoms with Crippen LogP contribution in [0.3, 0.4) is 0 Å². The Morgan fingerprint density at radius 1 is 1.20 bits per heavy atom. The number of phenols is 1. The number of rotatable bonds is 6. The number of phenolic OH excluding ortho intramolecular Hbond substituents is 1. The maximum absolute atomic E-state index is 12.7. The Hall–Kier alpha value is -2.56. The summed E-state index contributed by atoms with van der Waals surface area (Å²) in [6, 6.07) is 8.67. The summed E-state index contributed by atoms with van der Waals surface area (Å²) < 4.78 is 26.7. The molecule has 0 aliphatic carbocycles. The van der Waals surface area contributed by atoms with E-state index >= 15 is 0 Å². The van der Waals surface area contributed by atoms with Gasteiger partial charge in [-0.2, -0.15) is 4.31 Å². The number of amides is 2. The van der Waals surface area contributed by atoms with Crippen LogP contribution >= 0.6 is 11.8 Å². The maximum atomic E-state index is 12.7. The van der Waals surface area contributed by atoms with Crippen molar-refractivity contribution in [3.63, 3.8) is 0 Å². The Balaban J connectivity index is 1.87. The minimum absolute atomic E-state index is 0.0158. The van der Waals surface area contributed by atoms with Crippen LogP contribution in [0.25, 0.3) is 0 Å². The van der Waals surface area contributed by atoms with Gasteiger partial charge in [0.15, 0.2) is 0 Å². The number of sulfonamides is 1. The molecular weight excluding hydrogens is 426 g/mol. The monoisotopic (exact) mass is 449 g/mol. The predicted molar refractivity (Wildman–Crippen MR) is 117 cm³/mol. The number of nitrogens with zero attached hydrogens (tertiary/aromatic N) is 1. The lowest BCUT2D eigenvalue weighted by Crippen LogP contribution is -2.30. The summed E-state index contributed by atoms with van der Waals surface area (Å²) in [5, 5.41) is 15.2. The molecule has 0 radical (unpaired) electrons. The first-order valence-electron chi connectivity index (χ1n) is 9.43. The van der Waals surface area contributed by atoms with Crippen LogP contribution < -0.4 is 10.6 Å². The molecule has 0 saturated carbocycles. The molecule has 2 aromatic rings. The molecule has 3 rings (SSSR count). The molecule has 0 saturated heterocycles. The average molecular weight is 450 g/mol. The van der Waals surface area contributed by atoms with Crippen LogP contribution in [0.5, 0.6) is 5.75 Å². The number of anilines is 2. The van der Waals surface area contributed by atoms with Gasteiger partial charge >= 0.3 is 0 Å². The molecule has 1 heterocycles. The fraction of sp³-hybridized carbons (Fsp3) is 0.300. The molecule has 2 aromatic carbocycles. The van der Waals surface area contributed by atoms with E-state index in [0.29, 0.717) is 18.8 Å². The van der Waals surface area contributed by atoms with Crippen LogP contribution in [0.1, 0.15) is 31.1 Å². The molecule has 8 nitrogen and oxygen atoms in total. The quantitative estimate of drug-likeness (QED) is 0.584. The number of hydrogen-bond acceptors (Lipinski definition) is 6. The van der Waals surface area contributed by atoms with Gasteiger partial charge in [0, 0.05) is 23.5 Å². The third kappa shape index (κ3) is 4.30. The highest BCUT2D eigenvalue weighted by atomic mass is 32.2. The zero-order valence-corrected chi connectivity index (χ0v) is 18.4. The van der Waals surface area contributed by atoms with Crippen molar-refractivity contribution in [3.05, 3.63) is 42.0 Å². The summed E-state index contributed by atoms with van der Waals surface area (Å²) >= 11 is 1.40. The molecule has 1 aliphatic heterocycles. The van der Waals surface area contributed by atoms with Gasteiger partial charge < -0.3 is 15.7 Å². The molecule has 0 aromatic heterocycles. The van der Waals surface area contributed by atoms with Crippen LogP contribution in [0.15, 0.2) is 46.2 Å². The van der Waals surface area contributed by atoms with Crippen LogP contribution in [0.2, 0.25) is 0 Å². The summed E-state index contributed by atoms with van der Waals surface area (Å²) in [5.41, 5.74) is 0.788. The summed E-state index contributed by atoms with van der Waals surface area (Å²) in [6.45, 7) is 5.87. The third-order valence-electron chi connectivity index (χ3n) is 4.73. The number of thioether (sulfide) groups is 1. The van der Waals surface area contributed by atoms with Gasteiger partial charge in [0.25, 0.3) is 5.91 Å². The second-order valence-electron chi connectivity index (χ2n) is 6.68. The van der Waals surface area contributed by atoms with Gasteiger partial charge in [-0.1, -0.05) is 13.8 Å². The largest absolute Gasteiger partial charge is 0.506 e. The summed E-state index contributed by atoms with van der Waals surface area (Å²) in [6.07, 6.45) is 0. The fourth-order valence-electron chi connectivity index (χ4n) is 3.03. The molecule has 1 atom stereocenters. The molecule has 30 heavy (non-hydrogen) atoms. The number of carbonyl (C=O) groups excluding carboxylic acids is 2. The zero-order chi connectivity index (χ0) is 22.1. The predicted octanol–water partition coefficient (Wildman–Crippen LogP) is 3.11. The van der Waals surface area contributed by atoms with E-state index < -0.39 is 15.9 Å². The van der Waals surface area contributed by atoms with Crippen molar-refractivity contribution < 1.29 is 23.1 Å². The number of nitrogens with one attached hydrogen (secondary N) is 2. The SMILES string of the molecule is CCN(CC)S(=O)(=O)c1ccc(O)c(NC(=O)c2ccc3c(c2)NC(=O)C(C)S3)c1. The summed E-state index contributed by atoms with van der Waals surface area (Å²) in [7, 11) is -3.74. The topological polar surface area (TPSA) is 116 Å². The molecular formula is C20H23N3O5S2. The average Bonchev–Trinajstić information content (AvgIpc) is 2.70. The second kappa shape index (κ2) is 8.66. The molecule has 1 aliphatic rings. The molecule has 1 unspecified atom stereocenters. The molecule has 0 spiro atoms. The van der Waals surface area contributed by atoms with Crippen molar-refractivity contribution in [2.75, 3.05) is 23.7 Å². The Morgan fingerprint density at radius 2 is 1.90 bits per heavy atom. The van der Waals surface area contributed by atoms with E-state index in [0.717, 1.165) is 4.90 Å². The van der Waals surface area contributed by atoms with E-state index in [2.05, 4.69) is 10.6 Å². The van der Waals surface area contributed by atoms with Crippen molar-refractivity contribution in [3.8, 4) is 5.75 Å². The van der Waals surface area contributed by atoms with Crippen molar-refractivity contribution in [1.29, 1.82) is 0 Å². The van der Waals surface area contributed by atoms with Crippen molar-refractivity contribution in [1.82, 2.24) is 4.31 Å². The molecule has 2 amide bonds. The third-order valence-corrected chi connectivity index (χ3v) is 7.96. The first kappa shape index (κ1) is 22.1. The van der Waals surface area contributed by atoms with E-state index in [4.69, 9.17) is 0 Å². The Bertz CT molecular complexity index is 1100. The van der Waals surface area contributed by atoms with E-state index in [1.165, 1.54) is 34.3 Å². The van der Waals surface area contributed by atoms with E-state index in [-0.39, 0.29) is 33.1 Å². The van der Waals surface area contributed by atoms with Gasteiger partial charge in [0.05, 0.1) is 21.5 Å². The van der Waals surface area contributed by atoms with E-state index in [1.54, 1.807) is 39.0 Å². The van der Waals surface area contributed by atoms with Gasteiger partial charge in [-0.25, -0.2) is 8.42 Å². The van der Waals surface area contributed by atoms with Gasteiger partial charge in [-0.3, -0.25) is 9.59 Å².